The highest BCUT2D eigenvalue weighted by molar-refractivity contribution is 4.72. The monoisotopic (exact) mass is 243 g/mol. The minimum Gasteiger partial charge on any atom is -0.396 e. The molecule has 3 N–H and O–H groups in total. The Labute approximate surface area is 106 Å². The number of nitrogens with zero attached hydrogens (tertiary/aromatic N) is 2. The molecule has 102 valence electrons. The molecule has 0 spiro atoms. The Morgan fingerprint density at radius 3 is 2.00 bits per heavy atom. The third-order valence-electron chi connectivity index (χ3n) is 3.53. The molecular weight excluding hydrogens is 214 g/mol. The maximum atomic E-state index is 9.09. The molecule has 1 rings (SSSR count). The molecule has 4 nitrogen and oxygen atoms in total. The van der Waals surface area contributed by atoms with Crippen molar-refractivity contribution in [3.8, 4) is 0 Å². The average Bonchev–Trinajstić information content (AvgIpc) is 2.54. The highest BCUT2D eigenvalue weighted by Crippen LogP contribution is 2.08. The SMILES string of the molecule is CC(CN)CN1CCCN(CC(C)CO)CC1. The van der Waals surface area contributed by atoms with Crippen molar-refractivity contribution in [2.45, 2.75) is 20.3 Å². The molecule has 0 saturated carbocycles. The van der Waals surface area contributed by atoms with Crippen molar-refractivity contribution in [1.29, 1.82) is 0 Å². The van der Waals surface area contributed by atoms with Gasteiger partial charge >= 0.3 is 0 Å². The van der Waals surface area contributed by atoms with Gasteiger partial charge in [0.15, 0.2) is 0 Å². The van der Waals surface area contributed by atoms with Gasteiger partial charge in [0.25, 0.3) is 0 Å². The van der Waals surface area contributed by atoms with E-state index >= 15 is 0 Å². The molecule has 1 fully saturated rings. The van der Waals surface area contributed by atoms with Crippen LogP contribution in [0.25, 0.3) is 0 Å². The molecule has 1 saturated heterocycles. The number of rotatable bonds is 6. The molecule has 1 aliphatic rings. The molecule has 17 heavy (non-hydrogen) atoms. The fourth-order valence-corrected chi connectivity index (χ4v) is 2.40. The number of aliphatic hydroxyl groups is 1. The average molecular weight is 243 g/mol. The van der Waals surface area contributed by atoms with Crippen LogP contribution in [0.5, 0.6) is 0 Å². The summed E-state index contributed by atoms with van der Waals surface area (Å²) in [4.78, 5) is 5.01. The second kappa shape index (κ2) is 8.03. The van der Waals surface area contributed by atoms with E-state index in [9.17, 15) is 0 Å². The molecular formula is C13H29N3O. The van der Waals surface area contributed by atoms with Crippen LogP contribution in [0.15, 0.2) is 0 Å². The highest BCUT2D eigenvalue weighted by atomic mass is 16.3. The van der Waals surface area contributed by atoms with Gasteiger partial charge in [0, 0.05) is 32.8 Å². The van der Waals surface area contributed by atoms with Gasteiger partial charge in [0.05, 0.1) is 0 Å². The third-order valence-corrected chi connectivity index (χ3v) is 3.53. The van der Waals surface area contributed by atoms with Crippen molar-refractivity contribution in [1.82, 2.24) is 9.80 Å². The summed E-state index contributed by atoms with van der Waals surface area (Å²) in [7, 11) is 0. The fourth-order valence-electron chi connectivity index (χ4n) is 2.40. The lowest BCUT2D eigenvalue weighted by Crippen LogP contribution is -2.36. The summed E-state index contributed by atoms with van der Waals surface area (Å²) in [5.74, 6) is 0.988. The summed E-state index contributed by atoms with van der Waals surface area (Å²) in [6, 6.07) is 0. The third kappa shape index (κ3) is 5.82. The van der Waals surface area contributed by atoms with Gasteiger partial charge in [-0.25, -0.2) is 0 Å². The van der Waals surface area contributed by atoms with Crippen LogP contribution in [-0.2, 0) is 0 Å². The standard InChI is InChI=1S/C13H29N3O/c1-12(8-14)9-15-4-3-5-16(7-6-15)10-13(2)11-17/h12-13,17H,3-11,14H2,1-2H3. The smallest absolute Gasteiger partial charge is 0.0468 e. The van der Waals surface area contributed by atoms with Crippen LogP contribution in [0.3, 0.4) is 0 Å². The topological polar surface area (TPSA) is 52.7 Å². The van der Waals surface area contributed by atoms with Crippen molar-refractivity contribution < 1.29 is 5.11 Å². The van der Waals surface area contributed by atoms with Gasteiger partial charge in [-0.15, -0.1) is 0 Å². The first kappa shape index (κ1) is 14.9. The molecule has 1 heterocycles. The molecule has 0 bridgehead atoms. The van der Waals surface area contributed by atoms with Gasteiger partial charge < -0.3 is 20.6 Å². The molecule has 2 unspecified atom stereocenters. The number of aliphatic hydroxyl groups excluding tert-OH is 1. The first-order valence-electron chi connectivity index (χ1n) is 6.91. The van der Waals surface area contributed by atoms with Crippen molar-refractivity contribution >= 4 is 0 Å². The lowest BCUT2D eigenvalue weighted by Gasteiger charge is -2.25. The molecule has 4 heteroatoms. The predicted molar refractivity (Wildman–Crippen MR) is 72.0 cm³/mol. The minimum atomic E-state index is 0.296. The summed E-state index contributed by atoms with van der Waals surface area (Å²) >= 11 is 0. The molecule has 0 aliphatic carbocycles. The Hall–Kier alpha value is -0.160. The van der Waals surface area contributed by atoms with Crippen molar-refractivity contribution in [3.05, 3.63) is 0 Å². The Kier molecular flexibility index (Phi) is 7.04. The largest absolute Gasteiger partial charge is 0.396 e. The number of hydrogen-bond donors (Lipinski definition) is 2. The first-order chi connectivity index (χ1) is 8.15. The molecule has 0 aromatic rings. The zero-order valence-electron chi connectivity index (χ0n) is 11.4. The second-order valence-corrected chi connectivity index (χ2v) is 5.58. The summed E-state index contributed by atoms with van der Waals surface area (Å²) in [5, 5.41) is 9.09. The quantitative estimate of drug-likeness (QED) is 0.700. The van der Waals surface area contributed by atoms with Gasteiger partial charge in [-0.05, 0) is 37.9 Å². The van der Waals surface area contributed by atoms with E-state index in [0.29, 0.717) is 18.4 Å². The van der Waals surface area contributed by atoms with E-state index in [4.69, 9.17) is 10.8 Å². The maximum Gasteiger partial charge on any atom is 0.0468 e. The van der Waals surface area contributed by atoms with Crippen molar-refractivity contribution in [2.75, 3.05) is 52.4 Å². The first-order valence-corrected chi connectivity index (χ1v) is 6.91. The molecule has 2 atom stereocenters. The molecule has 1 aliphatic heterocycles. The van der Waals surface area contributed by atoms with Gasteiger partial charge in [0.2, 0.25) is 0 Å². The summed E-state index contributed by atoms with van der Waals surface area (Å²) < 4.78 is 0. The molecule has 0 aromatic carbocycles. The molecule has 0 aromatic heterocycles. The lowest BCUT2D eigenvalue weighted by molar-refractivity contribution is 0.173. The van der Waals surface area contributed by atoms with E-state index < -0.39 is 0 Å². The van der Waals surface area contributed by atoms with Crippen LogP contribution in [0.4, 0.5) is 0 Å². The second-order valence-electron chi connectivity index (χ2n) is 5.58. The van der Waals surface area contributed by atoms with Crippen LogP contribution < -0.4 is 5.73 Å². The fraction of sp³-hybridized carbons (Fsp3) is 1.00. The van der Waals surface area contributed by atoms with Gasteiger partial charge in [-0.2, -0.15) is 0 Å². The normalized spacial score (nSPS) is 23.3. The zero-order valence-corrected chi connectivity index (χ0v) is 11.4. The van der Waals surface area contributed by atoms with Crippen molar-refractivity contribution in [3.63, 3.8) is 0 Å². The summed E-state index contributed by atoms with van der Waals surface area (Å²) in [5.41, 5.74) is 5.67. The highest BCUT2D eigenvalue weighted by Gasteiger charge is 2.17. The van der Waals surface area contributed by atoms with Crippen LogP contribution >= 0.6 is 0 Å². The van der Waals surface area contributed by atoms with E-state index in [1.54, 1.807) is 0 Å². The van der Waals surface area contributed by atoms with Crippen LogP contribution in [0, 0.1) is 11.8 Å². The van der Waals surface area contributed by atoms with E-state index in [1.807, 2.05) is 0 Å². The molecule has 0 amide bonds. The minimum absolute atomic E-state index is 0.296. The summed E-state index contributed by atoms with van der Waals surface area (Å²) in [6.07, 6.45) is 1.23. The van der Waals surface area contributed by atoms with Crippen LogP contribution in [-0.4, -0.2) is 67.3 Å². The van der Waals surface area contributed by atoms with E-state index in [1.165, 1.54) is 13.0 Å². The van der Waals surface area contributed by atoms with Crippen LogP contribution in [0.2, 0.25) is 0 Å². The molecule has 0 radical (unpaired) electrons. The van der Waals surface area contributed by atoms with E-state index in [0.717, 1.165) is 39.3 Å². The Balaban J connectivity index is 2.29. The van der Waals surface area contributed by atoms with Crippen molar-refractivity contribution in [2.24, 2.45) is 17.6 Å². The zero-order chi connectivity index (χ0) is 12.7. The summed E-state index contributed by atoms with van der Waals surface area (Å²) in [6.45, 7) is 12.2. The van der Waals surface area contributed by atoms with Gasteiger partial charge in [0.1, 0.15) is 0 Å². The van der Waals surface area contributed by atoms with E-state index in [-0.39, 0.29) is 0 Å². The van der Waals surface area contributed by atoms with E-state index in [2.05, 4.69) is 23.6 Å². The lowest BCUT2D eigenvalue weighted by atomic mass is 10.1. The Morgan fingerprint density at radius 2 is 1.53 bits per heavy atom. The maximum absolute atomic E-state index is 9.09. The van der Waals surface area contributed by atoms with Gasteiger partial charge in [-0.3, -0.25) is 0 Å². The predicted octanol–water partition coefficient (Wildman–Crippen LogP) is 0.217. The Bertz CT molecular complexity index is 181. The van der Waals surface area contributed by atoms with Gasteiger partial charge in [-0.1, -0.05) is 13.8 Å². The van der Waals surface area contributed by atoms with Crippen LogP contribution in [0.1, 0.15) is 20.3 Å². The Morgan fingerprint density at radius 1 is 1.00 bits per heavy atom. The number of hydrogen-bond acceptors (Lipinski definition) is 4. The number of nitrogens with two attached hydrogens (primary N) is 1.